The standard InChI is InChI=1S/C44H27NS/c1-2-14-29(15-3-1)45-38-23-10-8-20-37(38)44-39(45)27-28-13-4-5-16-30(28)43(44)35-19-7-6-17-31(35)32-25-26-41-42-34(32)21-12-22-36(42)33-18-9-11-24-40(33)46-41/h1-27H. The van der Waals surface area contributed by atoms with Crippen LogP contribution in [0.3, 0.4) is 0 Å². The lowest BCUT2D eigenvalue weighted by molar-refractivity contribution is 1.18. The van der Waals surface area contributed by atoms with Crippen molar-refractivity contribution in [2.75, 3.05) is 0 Å². The Balaban J connectivity index is 1.33. The van der Waals surface area contributed by atoms with E-state index in [-0.39, 0.29) is 0 Å². The molecule has 0 fully saturated rings. The fourth-order valence-electron chi connectivity index (χ4n) is 7.68. The van der Waals surface area contributed by atoms with Crippen molar-refractivity contribution >= 4 is 55.1 Å². The van der Waals surface area contributed by atoms with Gasteiger partial charge in [0.25, 0.3) is 0 Å². The van der Waals surface area contributed by atoms with Gasteiger partial charge in [-0.2, -0.15) is 0 Å². The van der Waals surface area contributed by atoms with Gasteiger partial charge in [0, 0.05) is 37.2 Å². The van der Waals surface area contributed by atoms with Crippen molar-refractivity contribution in [1.29, 1.82) is 0 Å². The van der Waals surface area contributed by atoms with Gasteiger partial charge in [0.1, 0.15) is 0 Å². The van der Waals surface area contributed by atoms with E-state index in [1.54, 1.807) is 0 Å². The second-order valence-electron chi connectivity index (χ2n) is 12.0. The lowest BCUT2D eigenvalue weighted by atomic mass is 9.86. The van der Waals surface area contributed by atoms with Crippen molar-refractivity contribution in [2.45, 2.75) is 9.79 Å². The highest BCUT2D eigenvalue weighted by molar-refractivity contribution is 7.99. The average molecular weight is 602 g/mol. The first-order valence-electron chi connectivity index (χ1n) is 15.8. The van der Waals surface area contributed by atoms with E-state index in [0.29, 0.717) is 0 Å². The van der Waals surface area contributed by atoms with Gasteiger partial charge in [0.05, 0.1) is 11.0 Å². The zero-order valence-electron chi connectivity index (χ0n) is 24.9. The van der Waals surface area contributed by atoms with Crippen molar-refractivity contribution in [2.24, 2.45) is 0 Å². The topological polar surface area (TPSA) is 4.93 Å². The zero-order chi connectivity index (χ0) is 30.2. The summed E-state index contributed by atoms with van der Waals surface area (Å²) >= 11 is 1.88. The molecule has 0 amide bonds. The van der Waals surface area contributed by atoms with Crippen LogP contribution in [0.2, 0.25) is 0 Å². The van der Waals surface area contributed by atoms with Crippen LogP contribution in [-0.2, 0) is 0 Å². The smallest absolute Gasteiger partial charge is 0.0553 e. The van der Waals surface area contributed by atoms with Crippen LogP contribution in [0.5, 0.6) is 0 Å². The van der Waals surface area contributed by atoms with Crippen LogP contribution in [0.25, 0.3) is 82.4 Å². The normalized spacial score (nSPS) is 12.3. The Morgan fingerprint density at radius 1 is 0.370 bits per heavy atom. The fourth-order valence-corrected chi connectivity index (χ4v) is 8.81. The quantitative estimate of drug-likeness (QED) is 0.195. The number of hydrogen-bond acceptors (Lipinski definition) is 1. The minimum atomic E-state index is 1.17. The number of benzene rings is 8. The average Bonchev–Trinajstić information content (AvgIpc) is 3.45. The molecule has 8 aromatic carbocycles. The maximum Gasteiger partial charge on any atom is 0.0553 e. The Hall–Kier alpha value is -5.57. The van der Waals surface area contributed by atoms with Gasteiger partial charge in [-0.1, -0.05) is 139 Å². The lowest BCUT2D eigenvalue weighted by Crippen LogP contribution is -1.95. The van der Waals surface area contributed by atoms with E-state index in [1.165, 1.54) is 92.2 Å². The molecule has 214 valence electrons. The second-order valence-corrected chi connectivity index (χ2v) is 13.1. The highest BCUT2D eigenvalue weighted by Gasteiger charge is 2.24. The third kappa shape index (κ3) is 3.65. The van der Waals surface area contributed by atoms with Crippen LogP contribution in [0.1, 0.15) is 0 Å². The number of para-hydroxylation sites is 2. The van der Waals surface area contributed by atoms with E-state index in [4.69, 9.17) is 0 Å². The maximum absolute atomic E-state index is 2.43. The maximum atomic E-state index is 2.43. The summed E-state index contributed by atoms with van der Waals surface area (Å²) in [7, 11) is 0. The second kappa shape index (κ2) is 9.97. The Kier molecular flexibility index (Phi) is 5.58. The van der Waals surface area contributed by atoms with Gasteiger partial charge in [-0.15, -0.1) is 0 Å². The Morgan fingerprint density at radius 3 is 1.93 bits per heavy atom. The van der Waals surface area contributed by atoms with Crippen LogP contribution < -0.4 is 0 Å². The number of nitrogens with zero attached hydrogens (tertiary/aromatic N) is 1. The molecule has 1 aromatic heterocycles. The van der Waals surface area contributed by atoms with Gasteiger partial charge in [-0.05, 0) is 80.4 Å². The third-order valence-corrected chi connectivity index (χ3v) is 10.7. The molecule has 0 atom stereocenters. The molecule has 0 aliphatic carbocycles. The number of rotatable bonds is 3. The Labute approximate surface area is 271 Å². The minimum absolute atomic E-state index is 1.17. The molecular formula is C44H27NS. The van der Waals surface area contributed by atoms with E-state index in [0.717, 1.165) is 0 Å². The first-order chi connectivity index (χ1) is 22.8. The summed E-state index contributed by atoms with van der Waals surface area (Å²) in [6, 6.07) is 60.2. The molecule has 0 saturated heterocycles. The van der Waals surface area contributed by atoms with E-state index in [1.807, 2.05) is 11.8 Å². The van der Waals surface area contributed by atoms with Crippen LogP contribution in [0, 0.1) is 0 Å². The van der Waals surface area contributed by atoms with Crippen molar-refractivity contribution in [3.63, 3.8) is 0 Å². The van der Waals surface area contributed by atoms with Crippen LogP contribution >= 0.6 is 11.8 Å². The zero-order valence-corrected chi connectivity index (χ0v) is 25.8. The van der Waals surface area contributed by atoms with Crippen molar-refractivity contribution < 1.29 is 0 Å². The predicted molar refractivity (Wildman–Crippen MR) is 196 cm³/mol. The van der Waals surface area contributed by atoms with Gasteiger partial charge in [-0.3, -0.25) is 0 Å². The molecule has 1 aliphatic rings. The van der Waals surface area contributed by atoms with Gasteiger partial charge in [0.2, 0.25) is 0 Å². The number of fused-ring (bicyclic) bond motifs is 6. The minimum Gasteiger partial charge on any atom is -0.309 e. The summed E-state index contributed by atoms with van der Waals surface area (Å²) in [6.45, 7) is 0. The molecule has 1 aliphatic heterocycles. The third-order valence-electron chi connectivity index (χ3n) is 9.58. The Morgan fingerprint density at radius 2 is 1.04 bits per heavy atom. The van der Waals surface area contributed by atoms with E-state index < -0.39 is 0 Å². The van der Waals surface area contributed by atoms with Crippen molar-refractivity contribution in [3.05, 3.63) is 164 Å². The van der Waals surface area contributed by atoms with E-state index in [9.17, 15) is 0 Å². The van der Waals surface area contributed by atoms with Gasteiger partial charge in [-0.25, -0.2) is 0 Å². The van der Waals surface area contributed by atoms with Crippen LogP contribution in [0.4, 0.5) is 0 Å². The molecule has 0 unspecified atom stereocenters. The summed E-state index contributed by atoms with van der Waals surface area (Å²) in [5.74, 6) is 0. The van der Waals surface area contributed by atoms with Crippen molar-refractivity contribution in [1.82, 2.24) is 4.57 Å². The first-order valence-corrected chi connectivity index (χ1v) is 16.6. The highest BCUT2D eigenvalue weighted by atomic mass is 32.2. The molecule has 1 nitrogen and oxygen atoms in total. The SMILES string of the molecule is c1ccc(-n2c3ccccc3c3c(-c4ccccc4-c4ccc5c6c(cccc46)-c4ccccc4S5)c4ccccc4cc32)cc1. The molecule has 0 N–H and O–H groups in total. The molecular weight excluding hydrogens is 575 g/mol. The summed E-state index contributed by atoms with van der Waals surface area (Å²) in [5, 5.41) is 7.71. The molecule has 9 aromatic rings. The summed E-state index contributed by atoms with van der Waals surface area (Å²) in [6.07, 6.45) is 0. The molecule has 0 radical (unpaired) electrons. The largest absolute Gasteiger partial charge is 0.309 e. The highest BCUT2D eigenvalue weighted by Crippen LogP contribution is 2.51. The first kappa shape index (κ1) is 25.7. The van der Waals surface area contributed by atoms with Crippen LogP contribution in [0.15, 0.2) is 174 Å². The Bertz CT molecular complexity index is 2660. The molecule has 0 bridgehead atoms. The van der Waals surface area contributed by atoms with Gasteiger partial charge >= 0.3 is 0 Å². The summed E-state index contributed by atoms with van der Waals surface area (Å²) in [5.41, 5.74) is 11.3. The predicted octanol–water partition coefficient (Wildman–Crippen LogP) is 12.6. The van der Waals surface area contributed by atoms with Crippen molar-refractivity contribution in [3.8, 4) is 39.1 Å². The summed E-state index contributed by atoms with van der Waals surface area (Å²) < 4.78 is 2.43. The molecule has 46 heavy (non-hydrogen) atoms. The lowest BCUT2D eigenvalue weighted by Gasteiger charge is -2.22. The fraction of sp³-hybridized carbons (Fsp3) is 0. The summed E-state index contributed by atoms with van der Waals surface area (Å²) in [4.78, 5) is 2.65. The molecule has 2 heteroatoms. The van der Waals surface area contributed by atoms with Gasteiger partial charge in [0.15, 0.2) is 0 Å². The molecule has 10 rings (SSSR count). The van der Waals surface area contributed by atoms with E-state index >= 15 is 0 Å². The molecule has 0 saturated carbocycles. The number of aromatic nitrogens is 1. The molecule has 2 heterocycles. The van der Waals surface area contributed by atoms with Gasteiger partial charge < -0.3 is 4.57 Å². The van der Waals surface area contributed by atoms with Crippen LogP contribution in [-0.4, -0.2) is 4.57 Å². The molecule has 0 spiro atoms. The monoisotopic (exact) mass is 601 g/mol. The van der Waals surface area contributed by atoms with E-state index in [2.05, 4.69) is 168 Å². The number of hydrogen-bond donors (Lipinski definition) is 0.